The largest absolute Gasteiger partial charge is 0.389 e. The van der Waals surface area contributed by atoms with E-state index in [-0.39, 0.29) is 29.8 Å². The first-order valence-electron chi connectivity index (χ1n) is 12.2. The van der Waals surface area contributed by atoms with Gasteiger partial charge in [0.15, 0.2) is 0 Å². The van der Waals surface area contributed by atoms with E-state index in [1.165, 1.54) is 12.1 Å². The van der Waals surface area contributed by atoms with Crippen LogP contribution in [0.2, 0.25) is 0 Å². The lowest BCUT2D eigenvalue weighted by Crippen LogP contribution is -2.52. The van der Waals surface area contributed by atoms with E-state index >= 15 is 0 Å². The van der Waals surface area contributed by atoms with Gasteiger partial charge in [-0.1, -0.05) is 12.1 Å². The third-order valence-corrected chi connectivity index (χ3v) is 6.01. The predicted octanol–water partition coefficient (Wildman–Crippen LogP) is 1.48. The minimum atomic E-state index is -0.601. The Morgan fingerprint density at radius 3 is 2.62 bits per heavy atom. The molecule has 0 spiro atoms. The van der Waals surface area contributed by atoms with Crippen LogP contribution < -0.4 is 0 Å². The van der Waals surface area contributed by atoms with E-state index in [1.54, 1.807) is 17.0 Å². The average Bonchev–Trinajstić information content (AvgIpc) is 2.81. The highest BCUT2D eigenvalue weighted by Gasteiger charge is 2.28. The quantitative estimate of drug-likeness (QED) is 0.543. The first-order chi connectivity index (χ1) is 16.2. The highest BCUT2D eigenvalue weighted by molar-refractivity contribution is 5.94. The molecule has 8 nitrogen and oxygen atoms in total. The highest BCUT2D eigenvalue weighted by atomic mass is 19.1. The number of amides is 1. The van der Waals surface area contributed by atoms with Gasteiger partial charge in [0, 0.05) is 52.4 Å². The van der Waals surface area contributed by atoms with Gasteiger partial charge in [-0.05, 0) is 32.9 Å². The Morgan fingerprint density at radius 2 is 1.91 bits per heavy atom. The molecule has 2 aliphatic rings. The van der Waals surface area contributed by atoms with Gasteiger partial charge in [-0.25, -0.2) is 4.39 Å². The van der Waals surface area contributed by atoms with Crippen LogP contribution in [0.5, 0.6) is 0 Å². The number of carbonyl (C=O) groups is 1. The molecule has 1 amide bonds. The van der Waals surface area contributed by atoms with Gasteiger partial charge in [0.05, 0.1) is 49.8 Å². The molecule has 3 rings (SSSR count). The smallest absolute Gasteiger partial charge is 0.256 e. The fourth-order valence-electron chi connectivity index (χ4n) is 4.17. The Balaban J connectivity index is 1.60. The van der Waals surface area contributed by atoms with Crippen molar-refractivity contribution in [3.8, 4) is 0 Å². The number of aliphatic hydroxyl groups is 1. The standard InChI is InChI=1S/C25H40FN3O5/c1-25(2,3)34-19-20(30)16-28-12-15-33-21(17-28)18-29(9-8-27-10-13-32-14-11-27)24(31)22-6-4-5-7-23(22)26/h4-7,20-21,30H,8-19H2,1-3H3/t20-,21+/m1/s1. The summed E-state index contributed by atoms with van der Waals surface area (Å²) in [4.78, 5) is 19.4. The van der Waals surface area contributed by atoms with Crippen molar-refractivity contribution in [2.75, 3.05) is 78.8 Å². The minimum Gasteiger partial charge on any atom is -0.389 e. The van der Waals surface area contributed by atoms with Crippen molar-refractivity contribution in [2.24, 2.45) is 0 Å². The summed E-state index contributed by atoms with van der Waals surface area (Å²) in [6.45, 7) is 13.0. The van der Waals surface area contributed by atoms with Gasteiger partial charge in [-0.15, -0.1) is 0 Å². The van der Waals surface area contributed by atoms with Crippen molar-refractivity contribution in [1.29, 1.82) is 0 Å². The maximum Gasteiger partial charge on any atom is 0.256 e. The van der Waals surface area contributed by atoms with Gasteiger partial charge in [0.25, 0.3) is 5.91 Å². The predicted molar refractivity (Wildman–Crippen MR) is 127 cm³/mol. The van der Waals surface area contributed by atoms with Gasteiger partial charge in [-0.2, -0.15) is 0 Å². The normalized spacial score (nSPS) is 21.4. The van der Waals surface area contributed by atoms with Crippen LogP contribution in [0.1, 0.15) is 31.1 Å². The highest BCUT2D eigenvalue weighted by Crippen LogP contribution is 2.15. The zero-order valence-electron chi connectivity index (χ0n) is 20.7. The van der Waals surface area contributed by atoms with Crippen LogP contribution in [0.3, 0.4) is 0 Å². The molecule has 0 radical (unpaired) electrons. The fraction of sp³-hybridized carbons (Fsp3) is 0.720. The average molecular weight is 482 g/mol. The van der Waals surface area contributed by atoms with Crippen molar-refractivity contribution in [2.45, 2.75) is 38.6 Å². The van der Waals surface area contributed by atoms with Crippen LogP contribution >= 0.6 is 0 Å². The van der Waals surface area contributed by atoms with Crippen molar-refractivity contribution in [3.05, 3.63) is 35.6 Å². The van der Waals surface area contributed by atoms with Gasteiger partial charge in [0.1, 0.15) is 5.82 Å². The van der Waals surface area contributed by atoms with E-state index < -0.39 is 11.9 Å². The molecule has 0 bridgehead atoms. The topological polar surface area (TPSA) is 74.7 Å². The van der Waals surface area contributed by atoms with E-state index in [1.807, 2.05) is 20.8 Å². The van der Waals surface area contributed by atoms with Crippen LogP contribution in [0, 0.1) is 5.82 Å². The van der Waals surface area contributed by atoms with Gasteiger partial charge < -0.3 is 24.2 Å². The Morgan fingerprint density at radius 1 is 1.21 bits per heavy atom. The van der Waals surface area contributed by atoms with Crippen molar-refractivity contribution >= 4 is 5.91 Å². The second-order valence-electron chi connectivity index (χ2n) is 10.0. The molecule has 2 aliphatic heterocycles. The molecule has 0 saturated carbocycles. The van der Waals surface area contributed by atoms with Gasteiger partial charge in [-0.3, -0.25) is 14.6 Å². The zero-order valence-corrected chi connectivity index (χ0v) is 20.7. The van der Waals surface area contributed by atoms with Crippen LogP contribution in [-0.4, -0.2) is 122 Å². The number of carbonyl (C=O) groups excluding carboxylic acids is 1. The maximum atomic E-state index is 14.4. The molecule has 34 heavy (non-hydrogen) atoms. The number of hydrogen-bond acceptors (Lipinski definition) is 7. The molecule has 9 heteroatoms. The molecule has 0 aromatic heterocycles. The van der Waals surface area contributed by atoms with E-state index in [4.69, 9.17) is 14.2 Å². The first kappa shape index (κ1) is 27.0. The van der Waals surface area contributed by atoms with E-state index in [9.17, 15) is 14.3 Å². The van der Waals surface area contributed by atoms with Crippen LogP contribution in [0.15, 0.2) is 24.3 Å². The number of benzene rings is 1. The summed E-state index contributed by atoms with van der Waals surface area (Å²) in [5.41, 5.74) is -0.227. The molecule has 0 aliphatic carbocycles. The fourth-order valence-corrected chi connectivity index (χ4v) is 4.17. The van der Waals surface area contributed by atoms with E-state index in [0.29, 0.717) is 59.1 Å². The second-order valence-corrected chi connectivity index (χ2v) is 10.0. The number of morpholine rings is 2. The number of ether oxygens (including phenoxy) is 3. The summed E-state index contributed by atoms with van der Waals surface area (Å²) in [6, 6.07) is 6.10. The van der Waals surface area contributed by atoms with Crippen molar-refractivity contribution in [3.63, 3.8) is 0 Å². The second kappa shape index (κ2) is 12.9. The lowest BCUT2D eigenvalue weighted by atomic mass is 10.1. The third kappa shape index (κ3) is 8.87. The zero-order chi connectivity index (χ0) is 24.6. The molecule has 2 atom stereocenters. The van der Waals surface area contributed by atoms with Gasteiger partial charge in [0.2, 0.25) is 0 Å². The number of nitrogens with zero attached hydrogens (tertiary/aromatic N) is 3. The van der Waals surface area contributed by atoms with Crippen molar-refractivity contribution in [1.82, 2.24) is 14.7 Å². The Kier molecular flexibility index (Phi) is 10.2. The third-order valence-electron chi connectivity index (χ3n) is 6.01. The molecule has 1 N–H and O–H groups in total. The maximum absolute atomic E-state index is 14.4. The summed E-state index contributed by atoms with van der Waals surface area (Å²) < 4.78 is 31.5. The molecule has 192 valence electrons. The van der Waals surface area contributed by atoms with Crippen LogP contribution in [0.25, 0.3) is 0 Å². The lowest BCUT2D eigenvalue weighted by molar-refractivity contribution is -0.0783. The molecule has 2 heterocycles. The Bertz CT molecular complexity index is 769. The lowest BCUT2D eigenvalue weighted by Gasteiger charge is -2.37. The number of hydrogen-bond donors (Lipinski definition) is 1. The first-order valence-corrected chi connectivity index (χ1v) is 12.2. The Labute approximate surface area is 202 Å². The summed E-state index contributed by atoms with van der Waals surface area (Å²) in [7, 11) is 0. The molecule has 1 aromatic carbocycles. The SMILES string of the molecule is CC(C)(C)OC[C@H](O)CN1CCO[C@H](CN(CCN2CCOCC2)C(=O)c2ccccc2F)C1. The van der Waals surface area contributed by atoms with Crippen LogP contribution in [0.4, 0.5) is 4.39 Å². The summed E-state index contributed by atoms with van der Waals surface area (Å²) in [5.74, 6) is -0.845. The molecular weight excluding hydrogens is 441 g/mol. The van der Waals surface area contributed by atoms with Crippen LogP contribution in [-0.2, 0) is 14.2 Å². The molecule has 0 unspecified atom stereocenters. The number of β-amino-alcohol motifs (C(OH)–C–C–N with tert-alkyl or cyclic N) is 1. The number of aliphatic hydroxyl groups excluding tert-OH is 1. The summed E-state index contributed by atoms with van der Waals surface area (Å²) in [6.07, 6.45) is -0.819. The molecule has 1 aromatic rings. The van der Waals surface area contributed by atoms with Gasteiger partial charge >= 0.3 is 0 Å². The number of rotatable bonds is 10. The molecular formula is C25H40FN3O5. The van der Waals surface area contributed by atoms with Crippen molar-refractivity contribution < 1.29 is 28.5 Å². The Hall–Kier alpha value is -1.62. The summed E-state index contributed by atoms with van der Waals surface area (Å²) >= 11 is 0. The monoisotopic (exact) mass is 481 g/mol. The van der Waals surface area contributed by atoms with E-state index in [2.05, 4.69) is 9.80 Å². The van der Waals surface area contributed by atoms with E-state index in [0.717, 1.165) is 13.1 Å². The number of halogens is 1. The molecule has 2 saturated heterocycles. The summed E-state index contributed by atoms with van der Waals surface area (Å²) in [5, 5.41) is 10.4. The molecule has 2 fully saturated rings. The minimum absolute atomic E-state index is 0.0758.